The van der Waals surface area contributed by atoms with Crippen molar-refractivity contribution in [1.82, 2.24) is 14.9 Å². The number of nitrogens with zero attached hydrogens (tertiary/aromatic N) is 6. The van der Waals surface area contributed by atoms with Gasteiger partial charge in [-0.15, -0.1) is 0 Å². The summed E-state index contributed by atoms with van der Waals surface area (Å²) >= 11 is 0. The highest BCUT2D eigenvalue weighted by molar-refractivity contribution is 6.63. The fraction of sp³-hybridized carbons (Fsp3) is 0. The van der Waals surface area contributed by atoms with Crippen LogP contribution in [0.2, 0.25) is 0 Å². The quantitative estimate of drug-likeness (QED) is 0.0717. The fourth-order valence-corrected chi connectivity index (χ4v) is 8.02. The number of benzene rings is 6. The molecular weight excluding hydrogens is 737 g/mol. The number of oxime groups is 2. The summed E-state index contributed by atoms with van der Waals surface area (Å²) in [7, 11) is 0. The van der Waals surface area contributed by atoms with E-state index in [2.05, 4.69) is 104 Å². The maximum Gasteiger partial charge on any atom is 0.159 e. The Kier molecular flexibility index (Phi) is 8.46. The van der Waals surface area contributed by atoms with Crippen LogP contribution in [0.5, 0.6) is 0 Å². The third-order valence-electron chi connectivity index (χ3n) is 10.8. The third-order valence-corrected chi connectivity index (χ3v) is 10.8. The summed E-state index contributed by atoms with van der Waals surface area (Å²) in [6, 6.07) is 46.8. The predicted molar refractivity (Wildman–Crippen MR) is 233 cm³/mol. The molecule has 8 aromatic rings. The van der Waals surface area contributed by atoms with E-state index < -0.39 is 0 Å². The molecular formula is C48H32N8O3. The number of nitrogens with one attached hydrogen (secondary N) is 2. The lowest BCUT2D eigenvalue weighted by Gasteiger charge is -2.32. The summed E-state index contributed by atoms with van der Waals surface area (Å²) in [4.78, 5) is 1.64. The van der Waals surface area contributed by atoms with E-state index in [0.717, 1.165) is 44.5 Å². The zero-order valence-electron chi connectivity index (χ0n) is 31.2. The van der Waals surface area contributed by atoms with Crippen molar-refractivity contribution in [2.45, 2.75) is 0 Å². The first-order valence-electron chi connectivity index (χ1n) is 18.8. The molecule has 0 aliphatic heterocycles. The van der Waals surface area contributed by atoms with Crippen molar-refractivity contribution in [1.29, 1.82) is 10.8 Å². The van der Waals surface area contributed by atoms with Crippen LogP contribution >= 0.6 is 0 Å². The van der Waals surface area contributed by atoms with Crippen molar-refractivity contribution in [2.75, 3.05) is 4.90 Å². The van der Waals surface area contributed by atoms with Gasteiger partial charge in [0.25, 0.3) is 0 Å². The highest BCUT2D eigenvalue weighted by Crippen LogP contribution is 2.40. The Hall–Kier alpha value is -8.44. The van der Waals surface area contributed by atoms with Crippen molar-refractivity contribution < 1.29 is 15.0 Å². The standard InChI is InChI=1S/C48H32N8O3/c49-44-34(30-10-3-1-4-11-30)24-26-41(47(44)52-58)56(40-17-9-15-38(51-57)45(40)50)42-27-25-35(46-48(42)54-59-53-46)31-20-18-29(19-21-31)32-22-23-37-36-14-7-8-16-39(36)55(43(37)28-32)33-12-5-2-6-13-33/h1-28,49-50,57-58H/b49-44?,50-45?,51-38-,52-47-. The molecule has 2 heterocycles. The monoisotopic (exact) mass is 768 g/mol. The minimum atomic E-state index is -0.107. The van der Waals surface area contributed by atoms with Gasteiger partial charge in [-0.3, -0.25) is 10.8 Å². The van der Waals surface area contributed by atoms with Crippen LogP contribution in [0.3, 0.4) is 0 Å². The molecule has 0 saturated heterocycles. The molecule has 0 saturated carbocycles. The van der Waals surface area contributed by atoms with Gasteiger partial charge < -0.3 is 19.9 Å². The molecule has 6 aromatic carbocycles. The second-order valence-electron chi connectivity index (χ2n) is 14.0. The highest BCUT2D eigenvalue weighted by atomic mass is 16.6. The predicted octanol–water partition coefficient (Wildman–Crippen LogP) is 10.6. The zero-order valence-corrected chi connectivity index (χ0v) is 31.2. The highest BCUT2D eigenvalue weighted by Gasteiger charge is 2.33. The molecule has 0 amide bonds. The largest absolute Gasteiger partial charge is 0.410 e. The van der Waals surface area contributed by atoms with Crippen molar-refractivity contribution >= 4 is 66.9 Å². The number of fused-ring (bicyclic) bond motifs is 4. The topological polar surface area (TPSA) is 160 Å². The van der Waals surface area contributed by atoms with Crippen LogP contribution in [0.15, 0.2) is 196 Å². The Morgan fingerprint density at radius 2 is 1.27 bits per heavy atom. The summed E-state index contributed by atoms with van der Waals surface area (Å²) in [5.74, 6) is 0. The fourth-order valence-electron chi connectivity index (χ4n) is 8.02. The number of hydrogen-bond acceptors (Lipinski definition) is 10. The zero-order chi connectivity index (χ0) is 40.0. The lowest BCUT2D eigenvalue weighted by Crippen LogP contribution is -2.37. The molecule has 0 atom stereocenters. The van der Waals surface area contributed by atoms with Gasteiger partial charge in [0.1, 0.15) is 16.9 Å². The van der Waals surface area contributed by atoms with E-state index >= 15 is 0 Å². The molecule has 0 radical (unpaired) electrons. The van der Waals surface area contributed by atoms with Gasteiger partial charge in [0.2, 0.25) is 0 Å². The van der Waals surface area contributed by atoms with Gasteiger partial charge in [0.05, 0.1) is 33.8 Å². The van der Waals surface area contributed by atoms with Crippen LogP contribution in [-0.2, 0) is 0 Å². The van der Waals surface area contributed by atoms with E-state index in [1.54, 1.807) is 29.2 Å². The Labute approximate surface area is 336 Å². The van der Waals surface area contributed by atoms with E-state index in [0.29, 0.717) is 22.3 Å². The van der Waals surface area contributed by atoms with Crippen molar-refractivity contribution in [3.05, 3.63) is 187 Å². The summed E-state index contributed by atoms with van der Waals surface area (Å²) < 4.78 is 7.69. The van der Waals surface area contributed by atoms with Gasteiger partial charge in [-0.05, 0) is 93.3 Å². The Bertz CT molecular complexity index is 3210. The van der Waals surface area contributed by atoms with E-state index in [4.69, 9.17) is 15.4 Å². The Balaban J connectivity index is 1.06. The van der Waals surface area contributed by atoms with Gasteiger partial charge >= 0.3 is 0 Å². The lowest BCUT2D eigenvalue weighted by molar-refractivity contribution is 0.315. The number of rotatable bonds is 7. The molecule has 0 unspecified atom stereocenters. The molecule has 11 heteroatoms. The van der Waals surface area contributed by atoms with Crippen LogP contribution in [0.4, 0.5) is 5.69 Å². The van der Waals surface area contributed by atoms with Gasteiger partial charge in [-0.25, -0.2) is 4.63 Å². The van der Waals surface area contributed by atoms with E-state index in [1.807, 2.05) is 60.7 Å². The SMILES string of the molecule is N=C1C(N(C2=CC=C(c3ccccc3)C(=N)/C2=N\O)c2ccc(-c3ccc(-c4ccc5c6ccccc6n(-c6ccccc6)c5c4)cc3)c3nonc23)=CC=C/C1=N/O. The molecule has 2 aliphatic carbocycles. The lowest BCUT2D eigenvalue weighted by atomic mass is 9.90. The van der Waals surface area contributed by atoms with Crippen molar-refractivity contribution in [3.63, 3.8) is 0 Å². The molecule has 0 fully saturated rings. The number of allylic oxidation sites excluding steroid dienone is 8. The van der Waals surface area contributed by atoms with Crippen LogP contribution in [0.25, 0.3) is 66.4 Å². The first-order valence-corrected chi connectivity index (χ1v) is 18.8. The average Bonchev–Trinajstić information content (AvgIpc) is 3.91. The maximum atomic E-state index is 10.4. The maximum absolute atomic E-state index is 10.4. The first-order chi connectivity index (χ1) is 29.0. The summed E-state index contributed by atoms with van der Waals surface area (Å²) in [5, 5.41) is 56.3. The number of hydrogen-bond donors (Lipinski definition) is 4. The molecule has 2 aliphatic rings. The van der Waals surface area contributed by atoms with Gasteiger partial charge in [0, 0.05) is 27.6 Å². The number of para-hydroxylation sites is 2. The number of anilines is 1. The van der Waals surface area contributed by atoms with Crippen molar-refractivity contribution in [2.24, 2.45) is 10.3 Å². The van der Waals surface area contributed by atoms with Crippen LogP contribution < -0.4 is 4.90 Å². The van der Waals surface area contributed by atoms with E-state index in [9.17, 15) is 10.4 Å². The minimum Gasteiger partial charge on any atom is -0.410 e. The van der Waals surface area contributed by atoms with Crippen molar-refractivity contribution in [3.8, 4) is 27.9 Å². The second-order valence-corrected chi connectivity index (χ2v) is 14.0. The minimum absolute atomic E-state index is 0.0221. The molecule has 0 spiro atoms. The Morgan fingerprint density at radius 1 is 0.576 bits per heavy atom. The van der Waals surface area contributed by atoms with Gasteiger partial charge in [-0.1, -0.05) is 120 Å². The molecule has 2 aromatic heterocycles. The average molecular weight is 769 g/mol. The third kappa shape index (κ3) is 5.76. The Morgan fingerprint density at radius 3 is 2.05 bits per heavy atom. The molecule has 4 N–H and O–H groups in total. The van der Waals surface area contributed by atoms with Gasteiger partial charge in [-0.2, -0.15) is 0 Å². The smallest absolute Gasteiger partial charge is 0.159 e. The summed E-state index contributed by atoms with van der Waals surface area (Å²) in [6.07, 6.45) is 8.33. The van der Waals surface area contributed by atoms with Gasteiger partial charge in [0.15, 0.2) is 11.2 Å². The van der Waals surface area contributed by atoms with Crippen LogP contribution in [0.1, 0.15) is 5.56 Å². The molecule has 59 heavy (non-hydrogen) atoms. The molecule has 11 nitrogen and oxygen atoms in total. The normalized spacial score (nSPS) is 15.6. The molecule has 0 bridgehead atoms. The summed E-state index contributed by atoms with van der Waals surface area (Å²) in [6.45, 7) is 0. The second kappa shape index (κ2) is 14.3. The molecule has 282 valence electrons. The summed E-state index contributed by atoms with van der Waals surface area (Å²) in [5.41, 5.74) is 10.1. The van der Waals surface area contributed by atoms with Crippen LogP contribution in [0, 0.1) is 10.8 Å². The van der Waals surface area contributed by atoms with E-state index in [1.165, 1.54) is 16.8 Å². The van der Waals surface area contributed by atoms with Crippen LogP contribution in [-0.4, -0.2) is 48.1 Å². The number of aromatic nitrogens is 3. The van der Waals surface area contributed by atoms with E-state index in [-0.39, 0.29) is 34.2 Å². The molecule has 10 rings (SSSR count). The first kappa shape index (κ1) is 35.0.